The van der Waals surface area contributed by atoms with E-state index in [0.29, 0.717) is 19.3 Å². The predicted octanol–water partition coefficient (Wildman–Crippen LogP) is 0.395. The second-order valence-corrected chi connectivity index (χ2v) is 20.8. The summed E-state index contributed by atoms with van der Waals surface area (Å²) in [5.41, 5.74) is -3.25. The van der Waals surface area contributed by atoms with Gasteiger partial charge in [-0.25, -0.2) is 0 Å². The molecule has 3 aliphatic heterocycles. The number of aliphatic hydroxyl groups is 9. The number of Topliss-reactive ketones (excluding diaryl/α,β-unsaturated/α-hetero) is 1. The van der Waals surface area contributed by atoms with Gasteiger partial charge in [-0.3, -0.25) is 4.79 Å². The van der Waals surface area contributed by atoms with Crippen LogP contribution in [0, 0.1) is 51.8 Å². The molecule has 0 aromatic heterocycles. The third-order valence-electron chi connectivity index (χ3n) is 17.0. The van der Waals surface area contributed by atoms with Crippen LogP contribution >= 0.6 is 0 Å². The SMILES string of the molecule is C[C@@H]1CC(=O)C(C)(C)C2C1C1C[C@@H](O)C3C([C@]4(C)CC[C@H](C(C)(C)O)O4)CC[C@@]3(C)[C@]1(C)C[C@@H]2O[C@H]1OC(CO)[C@H](O)C(O)[C@H]1O[C@H]1OC(CO)[C@H](O)C(O)[C@H]1O. The Morgan fingerprint density at radius 3 is 1.96 bits per heavy atom. The summed E-state index contributed by atoms with van der Waals surface area (Å²) in [7, 11) is 0. The van der Waals surface area contributed by atoms with E-state index in [4.69, 9.17) is 23.7 Å². The van der Waals surface area contributed by atoms with Crippen LogP contribution in [0.2, 0.25) is 0 Å². The van der Waals surface area contributed by atoms with Crippen molar-refractivity contribution >= 4 is 5.78 Å². The molecule has 7 rings (SSSR count). The van der Waals surface area contributed by atoms with Crippen molar-refractivity contribution in [3.63, 3.8) is 0 Å². The molecule has 7 fully saturated rings. The minimum Gasteiger partial charge on any atom is -0.394 e. The summed E-state index contributed by atoms with van der Waals surface area (Å²) in [6.45, 7) is 14.8. The zero-order chi connectivity index (χ0) is 41.9. The number of aliphatic hydroxyl groups excluding tert-OH is 8. The molecule has 9 N–H and O–H groups in total. The molecule has 15 heteroatoms. The van der Waals surface area contributed by atoms with E-state index in [1.54, 1.807) is 13.8 Å². The summed E-state index contributed by atoms with van der Waals surface area (Å²) in [6, 6.07) is 0. The second-order valence-electron chi connectivity index (χ2n) is 20.8. The molecular weight excluding hydrogens is 744 g/mol. The van der Waals surface area contributed by atoms with Crippen molar-refractivity contribution in [1.82, 2.24) is 0 Å². The first kappa shape index (κ1) is 44.2. The molecule has 4 saturated carbocycles. The van der Waals surface area contributed by atoms with E-state index in [-0.39, 0.29) is 47.4 Å². The lowest BCUT2D eigenvalue weighted by molar-refractivity contribution is -0.379. The molecule has 0 spiro atoms. The van der Waals surface area contributed by atoms with Crippen LogP contribution in [-0.4, -0.2) is 156 Å². The Morgan fingerprint density at radius 2 is 1.37 bits per heavy atom. The molecule has 3 saturated heterocycles. The number of hydrogen-bond donors (Lipinski definition) is 9. The molecule has 57 heavy (non-hydrogen) atoms. The van der Waals surface area contributed by atoms with E-state index < -0.39 is 114 Å². The van der Waals surface area contributed by atoms with Crippen molar-refractivity contribution in [2.45, 2.75) is 191 Å². The number of ketones is 1. The van der Waals surface area contributed by atoms with Crippen LogP contribution in [0.1, 0.15) is 100 Å². The summed E-state index contributed by atoms with van der Waals surface area (Å²) in [6.07, 6.45) is -13.1. The van der Waals surface area contributed by atoms with Crippen LogP contribution in [0.25, 0.3) is 0 Å². The Kier molecular flexibility index (Phi) is 11.8. The molecule has 9 unspecified atom stereocenters. The fraction of sp³-hybridized carbons (Fsp3) is 0.976. The van der Waals surface area contributed by atoms with Crippen LogP contribution in [-0.2, 0) is 28.5 Å². The molecule has 7 aliphatic rings. The number of ether oxygens (including phenoxy) is 5. The van der Waals surface area contributed by atoms with Gasteiger partial charge in [0.1, 0.15) is 54.6 Å². The van der Waals surface area contributed by atoms with Gasteiger partial charge in [0.15, 0.2) is 12.6 Å². The average Bonchev–Trinajstić information content (AvgIpc) is 3.73. The first-order valence-electron chi connectivity index (χ1n) is 21.3. The monoisotopic (exact) mass is 814 g/mol. The van der Waals surface area contributed by atoms with Crippen molar-refractivity contribution in [1.29, 1.82) is 0 Å². The van der Waals surface area contributed by atoms with Crippen molar-refractivity contribution < 1.29 is 74.4 Å². The molecule has 328 valence electrons. The van der Waals surface area contributed by atoms with Gasteiger partial charge in [0.25, 0.3) is 0 Å². The molecule has 0 aromatic carbocycles. The van der Waals surface area contributed by atoms with Gasteiger partial charge < -0.3 is 69.6 Å². The third-order valence-corrected chi connectivity index (χ3v) is 17.0. The number of rotatable bonds is 8. The Morgan fingerprint density at radius 1 is 0.754 bits per heavy atom. The van der Waals surface area contributed by atoms with Crippen molar-refractivity contribution in [3.8, 4) is 0 Å². The van der Waals surface area contributed by atoms with Crippen LogP contribution in [0.3, 0.4) is 0 Å². The fourth-order valence-electron chi connectivity index (χ4n) is 13.5. The van der Waals surface area contributed by atoms with E-state index in [0.717, 1.165) is 25.7 Å². The normalized spacial score (nSPS) is 55.2. The van der Waals surface area contributed by atoms with E-state index in [2.05, 4.69) is 27.7 Å². The molecule has 0 amide bonds. The topological polar surface area (TPSA) is 245 Å². The lowest BCUT2D eigenvalue weighted by Crippen LogP contribution is -2.69. The zero-order valence-electron chi connectivity index (χ0n) is 34.8. The summed E-state index contributed by atoms with van der Waals surface area (Å²) >= 11 is 0. The highest BCUT2D eigenvalue weighted by Gasteiger charge is 2.72. The maximum Gasteiger partial charge on any atom is 0.187 e. The maximum atomic E-state index is 14.0. The summed E-state index contributed by atoms with van der Waals surface area (Å²) in [5, 5.41) is 97.6. The highest BCUT2D eigenvalue weighted by molar-refractivity contribution is 5.85. The highest BCUT2D eigenvalue weighted by Crippen LogP contribution is 2.74. The van der Waals surface area contributed by atoms with Crippen molar-refractivity contribution in [3.05, 3.63) is 0 Å². The smallest absolute Gasteiger partial charge is 0.187 e. The fourth-order valence-corrected chi connectivity index (χ4v) is 13.5. The zero-order valence-corrected chi connectivity index (χ0v) is 34.8. The van der Waals surface area contributed by atoms with Gasteiger partial charge in [0.2, 0.25) is 0 Å². The van der Waals surface area contributed by atoms with Gasteiger partial charge in [0, 0.05) is 17.8 Å². The van der Waals surface area contributed by atoms with Gasteiger partial charge in [-0.15, -0.1) is 0 Å². The first-order chi connectivity index (χ1) is 26.4. The molecule has 0 radical (unpaired) electrons. The van der Waals surface area contributed by atoms with Crippen molar-refractivity contribution in [2.24, 2.45) is 51.8 Å². The minimum atomic E-state index is -1.82. The van der Waals surface area contributed by atoms with Crippen LogP contribution in [0.4, 0.5) is 0 Å². The van der Waals surface area contributed by atoms with Gasteiger partial charge in [-0.2, -0.15) is 0 Å². The van der Waals surface area contributed by atoms with Crippen LogP contribution < -0.4 is 0 Å². The Bertz CT molecular complexity index is 1470. The van der Waals surface area contributed by atoms with Gasteiger partial charge in [-0.05, 0) is 99.7 Å². The first-order valence-corrected chi connectivity index (χ1v) is 21.3. The molecule has 0 bridgehead atoms. The highest BCUT2D eigenvalue weighted by atomic mass is 16.8. The van der Waals surface area contributed by atoms with E-state index in [9.17, 15) is 50.8 Å². The largest absolute Gasteiger partial charge is 0.394 e. The minimum absolute atomic E-state index is 0.0205. The lowest BCUT2D eigenvalue weighted by Gasteiger charge is -2.68. The third kappa shape index (κ3) is 6.90. The molecule has 15 nitrogen and oxygen atoms in total. The number of fused-ring (bicyclic) bond motifs is 5. The van der Waals surface area contributed by atoms with Gasteiger partial charge in [-0.1, -0.05) is 34.6 Å². The maximum absolute atomic E-state index is 14.0. The van der Waals surface area contributed by atoms with Gasteiger partial charge >= 0.3 is 0 Å². The quantitative estimate of drug-likeness (QED) is 0.151. The van der Waals surface area contributed by atoms with E-state index in [1.165, 1.54) is 0 Å². The Labute approximate surface area is 336 Å². The van der Waals surface area contributed by atoms with Crippen LogP contribution in [0.5, 0.6) is 0 Å². The Hall–Kier alpha value is -0.890. The molecule has 22 atom stereocenters. The van der Waals surface area contributed by atoms with Gasteiger partial charge in [0.05, 0.1) is 42.7 Å². The number of carbonyl (C=O) groups excluding carboxylic acids is 1. The summed E-state index contributed by atoms with van der Waals surface area (Å²) < 4.78 is 31.6. The lowest BCUT2D eigenvalue weighted by atomic mass is 9.37. The molecule has 3 heterocycles. The average molecular weight is 815 g/mol. The summed E-state index contributed by atoms with van der Waals surface area (Å²) in [4.78, 5) is 14.0. The number of carbonyl (C=O) groups is 1. The predicted molar refractivity (Wildman–Crippen MR) is 201 cm³/mol. The standard InChI is InChI=1S/C42H70O15/c1-18-13-25(46)38(2,3)29-22(53-37-35(33(50)31(48)24(17-44)55-37)56-36-34(51)32(49)30(47)23(16-43)54-36)15-41(7)20(27(18)29)14-21(45)28-19(9-11-40(28,41)6)42(8)12-10-26(57-42)39(4,5)52/h18-24,26-37,43-45,47-52H,9-17H2,1-8H3/t18-,19?,20?,21-,22+,23?,24?,26-,27?,28?,29?,30+,31+,32?,33?,34-,35-,36-,37+,40-,41-,42+/m1/s1. The van der Waals surface area contributed by atoms with E-state index in [1.807, 2.05) is 13.8 Å². The summed E-state index contributed by atoms with van der Waals surface area (Å²) in [5.74, 6) is -0.474. The molecule has 4 aliphatic carbocycles. The number of hydrogen-bond acceptors (Lipinski definition) is 15. The van der Waals surface area contributed by atoms with E-state index >= 15 is 0 Å². The van der Waals surface area contributed by atoms with Crippen LogP contribution in [0.15, 0.2) is 0 Å². The Balaban J connectivity index is 1.25. The molecular formula is C42H70O15. The molecule has 0 aromatic rings. The van der Waals surface area contributed by atoms with Crippen molar-refractivity contribution in [2.75, 3.05) is 13.2 Å². The second kappa shape index (κ2) is 15.2.